The van der Waals surface area contributed by atoms with E-state index in [0.29, 0.717) is 5.11 Å². The minimum absolute atomic E-state index is 0.152. The van der Waals surface area contributed by atoms with Gasteiger partial charge in [-0.2, -0.15) is 0 Å². The second-order valence-electron chi connectivity index (χ2n) is 6.70. The van der Waals surface area contributed by atoms with Crippen molar-refractivity contribution in [2.24, 2.45) is 0 Å². The van der Waals surface area contributed by atoms with Gasteiger partial charge in [-0.3, -0.25) is 0 Å². The molecule has 0 radical (unpaired) electrons. The molecule has 2 N–H and O–H groups in total. The van der Waals surface area contributed by atoms with E-state index in [1.165, 1.54) is 11.1 Å². The van der Waals surface area contributed by atoms with Crippen LogP contribution in [0.2, 0.25) is 0 Å². The molecule has 2 rings (SSSR count). The largest absolute Gasteiger partial charge is 0.356 e. The predicted octanol–water partition coefficient (Wildman–Crippen LogP) is 5.79. The Balaban J connectivity index is 1.96. The van der Waals surface area contributed by atoms with E-state index < -0.39 is 0 Å². The summed E-state index contributed by atoms with van der Waals surface area (Å²) in [6.45, 7) is 8.78. The SMILES string of the molecule is CC(NC(=S)Nc1ccc(Br)cc1)c1ccc(C(C)(C)C)cc1. The summed E-state index contributed by atoms with van der Waals surface area (Å²) in [4.78, 5) is 0. The second kappa shape index (κ2) is 7.45. The standard InChI is InChI=1S/C19H23BrN2S/c1-13(14-5-7-15(8-6-14)19(2,3)4)21-18(23)22-17-11-9-16(20)10-12-17/h5-13H,1-4H3,(H2,21,22,23). The molecule has 0 bridgehead atoms. The molecule has 0 aliphatic carbocycles. The quantitative estimate of drug-likeness (QED) is 0.647. The zero-order valence-electron chi connectivity index (χ0n) is 14.0. The van der Waals surface area contributed by atoms with Crippen LogP contribution < -0.4 is 10.6 Å². The number of hydrogen-bond donors (Lipinski definition) is 2. The fraction of sp³-hybridized carbons (Fsp3) is 0.316. The summed E-state index contributed by atoms with van der Waals surface area (Å²) < 4.78 is 1.05. The van der Waals surface area contributed by atoms with Crippen molar-refractivity contribution in [2.45, 2.75) is 39.2 Å². The van der Waals surface area contributed by atoms with Crippen LogP contribution in [-0.2, 0) is 5.41 Å². The van der Waals surface area contributed by atoms with E-state index in [2.05, 4.69) is 78.5 Å². The van der Waals surface area contributed by atoms with Crippen molar-refractivity contribution in [3.8, 4) is 0 Å². The molecule has 2 aromatic carbocycles. The van der Waals surface area contributed by atoms with Crippen molar-refractivity contribution in [3.63, 3.8) is 0 Å². The predicted molar refractivity (Wildman–Crippen MR) is 107 cm³/mol. The van der Waals surface area contributed by atoms with E-state index in [0.717, 1.165) is 10.2 Å². The lowest BCUT2D eigenvalue weighted by Gasteiger charge is -2.21. The third kappa shape index (κ3) is 5.33. The van der Waals surface area contributed by atoms with E-state index in [1.807, 2.05) is 24.3 Å². The molecule has 0 aromatic heterocycles. The van der Waals surface area contributed by atoms with Crippen LogP contribution in [0.4, 0.5) is 5.69 Å². The molecule has 122 valence electrons. The van der Waals surface area contributed by atoms with Gasteiger partial charge >= 0.3 is 0 Å². The Hall–Kier alpha value is -1.39. The van der Waals surface area contributed by atoms with Crippen molar-refractivity contribution < 1.29 is 0 Å². The van der Waals surface area contributed by atoms with E-state index in [4.69, 9.17) is 12.2 Å². The van der Waals surface area contributed by atoms with Gasteiger partial charge in [-0.1, -0.05) is 61.0 Å². The summed E-state index contributed by atoms with van der Waals surface area (Å²) >= 11 is 8.82. The fourth-order valence-corrected chi connectivity index (χ4v) is 2.81. The van der Waals surface area contributed by atoms with Gasteiger partial charge in [-0.05, 0) is 59.9 Å². The molecule has 0 aliphatic heterocycles. The number of thiocarbonyl (C=S) groups is 1. The zero-order valence-corrected chi connectivity index (χ0v) is 16.4. The molecule has 1 atom stereocenters. The second-order valence-corrected chi connectivity index (χ2v) is 8.02. The van der Waals surface area contributed by atoms with Crippen LogP contribution in [-0.4, -0.2) is 5.11 Å². The Kier molecular flexibility index (Phi) is 5.82. The average Bonchev–Trinajstić information content (AvgIpc) is 2.49. The number of rotatable bonds is 3. The Morgan fingerprint density at radius 2 is 1.57 bits per heavy atom. The highest BCUT2D eigenvalue weighted by Crippen LogP contribution is 2.24. The normalized spacial score (nSPS) is 12.6. The lowest BCUT2D eigenvalue weighted by molar-refractivity contribution is 0.589. The van der Waals surface area contributed by atoms with Crippen LogP contribution in [0.1, 0.15) is 44.9 Å². The number of nitrogens with one attached hydrogen (secondary N) is 2. The van der Waals surface area contributed by atoms with E-state index in [1.54, 1.807) is 0 Å². The molecule has 0 aliphatic rings. The first-order valence-electron chi connectivity index (χ1n) is 7.69. The smallest absolute Gasteiger partial charge is 0.171 e. The van der Waals surface area contributed by atoms with Crippen molar-refractivity contribution in [1.29, 1.82) is 0 Å². The van der Waals surface area contributed by atoms with E-state index in [9.17, 15) is 0 Å². The Morgan fingerprint density at radius 3 is 2.09 bits per heavy atom. The minimum atomic E-state index is 0.152. The minimum Gasteiger partial charge on any atom is -0.356 e. The molecular formula is C19H23BrN2S. The molecule has 0 spiro atoms. The molecular weight excluding hydrogens is 368 g/mol. The maximum absolute atomic E-state index is 5.40. The van der Waals surface area contributed by atoms with Crippen molar-refractivity contribution >= 4 is 38.9 Å². The van der Waals surface area contributed by atoms with Gasteiger partial charge in [0.2, 0.25) is 0 Å². The van der Waals surface area contributed by atoms with Gasteiger partial charge in [0.25, 0.3) is 0 Å². The first-order valence-corrected chi connectivity index (χ1v) is 8.89. The van der Waals surface area contributed by atoms with Crippen LogP contribution in [0.25, 0.3) is 0 Å². The molecule has 0 fully saturated rings. The molecule has 0 amide bonds. The van der Waals surface area contributed by atoms with Gasteiger partial charge < -0.3 is 10.6 Å². The Bertz CT molecular complexity index is 657. The summed E-state index contributed by atoms with van der Waals surface area (Å²) in [6.07, 6.45) is 0. The highest BCUT2D eigenvalue weighted by molar-refractivity contribution is 9.10. The van der Waals surface area contributed by atoms with Crippen LogP contribution in [0.5, 0.6) is 0 Å². The molecule has 23 heavy (non-hydrogen) atoms. The van der Waals surface area contributed by atoms with Gasteiger partial charge in [0.05, 0.1) is 6.04 Å². The first-order chi connectivity index (χ1) is 10.8. The van der Waals surface area contributed by atoms with Crippen LogP contribution >= 0.6 is 28.1 Å². The van der Waals surface area contributed by atoms with Gasteiger partial charge in [0.1, 0.15) is 0 Å². The van der Waals surface area contributed by atoms with Crippen molar-refractivity contribution in [1.82, 2.24) is 5.32 Å². The average molecular weight is 391 g/mol. The first kappa shape index (κ1) is 18.0. The molecule has 2 nitrogen and oxygen atoms in total. The summed E-state index contributed by atoms with van der Waals surface area (Å²) in [6, 6.07) is 16.8. The number of anilines is 1. The van der Waals surface area contributed by atoms with Crippen molar-refractivity contribution in [3.05, 3.63) is 64.1 Å². The summed E-state index contributed by atoms with van der Waals surface area (Å²) in [5, 5.41) is 7.16. The Labute approximate surface area is 152 Å². The highest BCUT2D eigenvalue weighted by atomic mass is 79.9. The maximum Gasteiger partial charge on any atom is 0.171 e. The zero-order chi connectivity index (χ0) is 17.0. The molecule has 2 aromatic rings. The van der Waals surface area contributed by atoms with Crippen molar-refractivity contribution in [2.75, 3.05) is 5.32 Å². The lowest BCUT2D eigenvalue weighted by Crippen LogP contribution is -2.30. The molecule has 4 heteroatoms. The van der Waals surface area contributed by atoms with Gasteiger partial charge in [-0.25, -0.2) is 0 Å². The summed E-state index contributed by atoms with van der Waals surface area (Å²) in [5.41, 5.74) is 3.70. The van der Waals surface area contributed by atoms with Crippen LogP contribution in [0.3, 0.4) is 0 Å². The lowest BCUT2D eigenvalue weighted by atomic mass is 9.86. The maximum atomic E-state index is 5.40. The third-order valence-corrected chi connectivity index (χ3v) is 4.47. The summed E-state index contributed by atoms with van der Waals surface area (Å²) in [7, 11) is 0. The number of halogens is 1. The van der Waals surface area contributed by atoms with Gasteiger partial charge in [0.15, 0.2) is 5.11 Å². The van der Waals surface area contributed by atoms with Crippen LogP contribution in [0, 0.1) is 0 Å². The van der Waals surface area contributed by atoms with Gasteiger partial charge in [0, 0.05) is 10.2 Å². The topological polar surface area (TPSA) is 24.1 Å². The third-order valence-electron chi connectivity index (χ3n) is 3.73. The fourth-order valence-electron chi connectivity index (χ4n) is 2.25. The number of benzene rings is 2. The number of hydrogen-bond acceptors (Lipinski definition) is 1. The monoisotopic (exact) mass is 390 g/mol. The van der Waals surface area contributed by atoms with Crippen LogP contribution in [0.15, 0.2) is 53.0 Å². The molecule has 0 heterocycles. The molecule has 0 saturated heterocycles. The summed E-state index contributed by atoms with van der Waals surface area (Å²) in [5.74, 6) is 0. The van der Waals surface area contributed by atoms with E-state index in [-0.39, 0.29) is 11.5 Å². The Morgan fingerprint density at radius 1 is 1.00 bits per heavy atom. The van der Waals surface area contributed by atoms with Gasteiger partial charge in [-0.15, -0.1) is 0 Å². The highest BCUT2D eigenvalue weighted by Gasteiger charge is 2.14. The molecule has 0 saturated carbocycles. The molecule has 1 unspecified atom stereocenters. The van der Waals surface area contributed by atoms with E-state index >= 15 is 0 Å².